The fourth-order valence-corrected chi connectivity index (χ4v) is 3.10. The first kappa shape index (κ1) is 13.3. The van der Waals surface area contributed by atoms with Crippen LogP contribution in [-0.4, -0.2) is 17.6 Å². The Kier molecular flexibility index (Phi) is 4.23. The van der Waals surface area contributed by atoms with Crippen LogP contribution in [0.1, 0.15) is 43.7 Å². The molecule has 98 valence electrons. The lowest BCUT2D eigenvalue weighted by Gasteiger charge is -2.31. The molecule has 0 saturated heterocycles. The normalized spacial score (nSPS) is 15.9. The van der Waals surface area contributed by atoms with Gasteiger partial charge in [-0.25, -0.2) is 0 Å². The van der Waals surface area contributed by atoms with E-state index in [1.807, 2.05) is 6.07 Å². The molecule has 1 aromatic rings. The van der Waals surface area contributed by atoms with E-state index in [4.69, 9.17) is 18.0 Å². The number of nitrogens with zero attached hydrogens (tertiary/aromatic N) is 1. The summed E-state index contributed by atoms with van der Waals surface area (Å²) in [6.45, 7) is 5.45. The van der Waals surface area contributed by atoms with E-state index in [9.17, 15) is 0 Å². The van der Waals surface area contributed by atoms with Crippen LogP contribution in [0.4, 0.5) is 5.69 Å². The number of rotatable bonds is 4. The Bertz CT molecular complexity index is 436. The Labute approximate surface area is 115 Å². The maximum absolute atomic E-state index is 5.68. The number of hydrogen-bond donors (Lipinski definition) is 1. The van der Waals surface area contributed by atoms with Gasteiger partial charge < -0.3 is 10.6 Å². The zero-order chi connectivity index (χ0) is 13.1. The van der Waals surface area contributed by atoms with Crippen molar-refractivity contribution in [2.45, 2.75) is 45.6 Å². The van der Waals surface area contributed by atoms with Gasteiger partial charge in [0.2, 0.25) is 0 Å². The molecule has 2 rings (SSSR count). The van der Waals surface area contributed by atoms with Crippen molar-refractivity contribution in [1.29, 1.82) is 0 Å². The van der Waals surface area contributed by atoms with E-state index < -0.39 is 0 Å². The monoisotopic (exact) mass is 262 g/mol. The van der Waals surface area contributed by atoms with Gasteiger partial charge in [-0.05, 0) is 50.5 Å². The van der Waals surface area contributed by atoms with Gasteiger partial charge in [-0.1, -0.05) is 25.1 Å². The maximum Gasteiger partial charge on any atom is 0.103 e. The molecule has 2 nitrogen and oxygen atoms in total. The van der Waals surface area contributed by atoms with Crippen molar-refractivity contribution in [2.24, 2.45) is 5.73 Å². The Morgan fingerprint density at radius 3 is 2.56 bits per heavy atom. The number of nitrogens with two attached hydrogens (primary N) is 1. The molecule has 2 N–H and O–H groups in total. The van der Waals surface area contributed by atoms with Crippen LogP contribution >= 0.6 is 12.2 Å². The summed E-state index contributed by atoms with van der Waals surface area (Å²) in [5.41, 5.74) is 9.26. The third-order valence-corrected chi connectivity index (χ3v) is 4.13. The van der Waals surface area contributed by atoms with Gasteiger partial charge in [0.1, 0.15) is 4.99 Å². The lowest BCUT2D eigenvalue weighted by Crippen LogP contribution is -2.33. The third-order valence-electron chi connectivity index (χ3n) is 3.90. The lowest BCUT2D eigenvalue weighted by molar-refractivity contribution is 0.618. The fourth-order valence-electron chi connectivity index (χ4n) is 2.97. The second kappa shape index (κ2) is 5.70. The van der Waals surface area contributed by atoms with Gasteiger partial charge in [-0.3, -0.25) is 0 Å². The summed E-state index contributed by atoms with van der Waals surface area (Å²) in [5.74, 6) is 0. The average Bonchev–Trinajstić information content (AvgIpc) is 2.85. The number of hydrogen-bond acceptors (Lipinski definition) is 2. The van der Waals surface area contributed by atoms with Crippen molar-refractivity contribution in [3.05, 3.63) is 29.3 Å². The van der Waals surface area contributed by atoms with Crippen molar-refractivity contribution in [1.82, 2.24) is 0 Å². The van der Waals surface area contributed by atoms with Gasteiger partial charge in [-0.2, -0.15) is 0 Å². The van der Waals surface area contributed by atoms with Crippen LogP contribution in [0, 0.1) is 6.92 Å². The molecule has 0 radical (unpaired) electrons. The number of thiocarbonyl (C=S) groups is 1. The minimum Gasteiger partial charge on any atom is -0.389 e. The molecule has 0 amide bonds. The van der Waals surface area contributed by atoms with Gasteiger partial charge in [0.05, 0.1) is 0 Å². The fraction of sp³-hybridized carbons (Fsp3) is 0.533. The Morgan fingerprint density at radius 2 is 2.06 bits per heavy atom. The molecule has 1 aromatic carbocycles. The highest BCUT2D eigenvalue weighted by atomic mass is 32.1. The Morgan fingerprint density at radius 1 is 1.39 bits per heavy atom. The Hall–Kier alpha value is -1.09. The standard InChI is InChI=1S/C15H22N2S/c1-3-17(13-6-4-5-7-13)14-9-8-12(15(16)18)10-11(14)2/h8-10,13H,3-7H2,1-2H3,(H2,16,18). The lowest BCUT2D eigenvalue weighted by atomic mass is 10.1. The van der Waals surface area contributed by atoms with E-state index in [0.29, 0.717) is 11.0 Å². The van der Waals surface area contributed by atoms with Crippen LogP contribution in [0.15, 0.2) is 18.2 Å². The first-order valence-corrected chi connectivity index (χ1v) is 7.21. The van der Waals surface area contributed by atoms with E-state index in [0.717, 1.165) is 12.1 Å². The molecule has 0 aromatic heterocycles. The predicted octanol–water partition coefficient (Wildman–Crippen LogP) is 3.40. The van der Waals surface area contributed by atoms with Gasteiger partial charge in [0, 0.05) is 23.8 Å². The molecule has 18 heavy (non-hydrogen) atoms. The first-order valence-electron chi connectivity index (χ1n) is 6.80. The molecule has 3 heteroatoms. The summed E-state index contributed by atoms with van der Waals surface area (Å²) in [6, 6.07) is 7.04. The maximum atomic E-state index is 5.68. The van der Waals surface area contributed by atoms with E-state index in [2.05, 4.69) is 30.9 Å². The van der Waals surface area contributed by atoms with Crippen molar-refractivity contribution < 1.29 is 0 Å². The molecule has 1 aliphatic rings. The highest BCUT2D eigenvalue weighted by Crippen LogP contribution is 2.30. The predicted molar refractivity (Wildman–Crippen MR) is 82.3 cm³/mol. The molecule has 1 aliphatic carbocycles. The van der Waals surface area contributed by atoms with E-state index in [1.165, 1.54) is 36.9 Å². The molecule has 0 unspecified atom stereocenters. The molecule has 1 fully saturated rings. The number of aryl methyl sites for hydroxylation is 1. The summed E-state index contributed by atoms with van der Waals surface area (Å²) in [6.07, 6.45) is 5.38. The minimum absolute atomic E-state index is 0.480. The minimum atomic E-state index is 0.480. The zero-order valence-corrected chi connectivity index (χ0v) is 12.1. The van der Waals surface area contributed by atoms with Crippen molar-refractivity contribution in [3.8, 4) is 0 Å². The third kappa shape index (κ3) is 2.66. The quantitative estimate of drug-likeness (QED) is 0.843. The van der Waals surface area contributed by atoms with Crippen molar-refractivity contribution >= 4 is 22.9 Å². The molecular weight excluding hydrogens is 240 g/mol. The topological polar surface area (TPSA) is 29.3 Å². The van der Waals surface area contributed by atoms with Crippen LogP contribution < -0.4 is 10.6 Å². The summed E-state index contributed by atoms with van der Waals surface area (Å²) in [7, 11) is 0. The van der Waals surface area contributed by atoms with Crippen LogP contribution in [0.25, 0.3) is 0 Å². The van der Waals surface area contributed by atoms with Crippen molar-refractivity contribution in [2.75, 3.05) is 11.4 Å². The summed E-state index contributed by atoms with van der Waals surface area (Å²) < 4.78 is 0. The first-order chi connectivity index (χ1) is 8.63. The van der Waals surface area contributed by atoms with Gasteiger partial charge >= 0.3 is 0 Å². The largest absolute Gasteiger partial charge is 0.389 e. The zero-order valence-electron chi connectivity index (χ0n) is 11.3. The molecule has 0 aliphatic heterocycles. The van der Waals surface area contributed by atoms with E-state index >= 15 is 0 Å². The van der Waals surface area contributed by atoms with Gasteiger partial charge in [0.25, 0.3) is 0 Å². The van der Waals surface area contributed by atoms with Crippen LogP contribution in [0.3, 0.4) is 0 Å². The molecule has 0 atom stereocenters. The van der Waals surface area contributed by atoms with Crippen molar-refractivity contribution in [3.63, 3.8) is 0 Å². The van der Waals surface area contributed by atoms with Gasteiger partial charge in [-0.15, -0.1) is 0 Å². The smallest absolute Gasteiger partial charge is 0.103 e. The summed E-state index contributed by atoms with van der Waals surface area (Å²) in [4.78, 5) is 3.01. The van der Waals surface area contributed by atoms with Crippen LogP contribution in [0.5, 0.6) is 0 Å². The highest BCUT2D eigenvalue weighted by molar-refractivity contribution is 7.80. The summed E-state index contributed by atoms with van der Waals surface area (Å²) in [5, 5.41) is 0. The number of anilines is 1. The Balaban J connectivity index is 2.27. The van der Waals surface area contributed by atoms with Crippen LogP contribution in [0.2, 0.25) is 0 Å². The second-order valence-electron chi connectivity index (χ2n) is 5.09. The highest BCUT2D eigenvalue weighted by Gasteiger charge is 2.22. The molecule has 0 bridgehead atoms. The molecular formula is C15H22N2S. The molecule has 0 spiro atoms. The average molecular weight is 262 g/mol. The van der Waals surface area contributed by atoms with Crippen LogP contribution in [-0.2, 0) is 0 Å². The van der Waals surface area contributed by atoms with E-state index in [-0.39, 0.29) is 0 Å². The van der Waals surface area contributed by atoms with E-state index in [1.54, 1.807) is 0 Å². The molecule has 1 saturated carbocycles. The number of benzene rings is 1. The second-order valence-corrected chi connectivity index (χ2v) is 5.53. The summed E-state index contributed by atoms with van der Waals surface area (Å²) >= 11 is 5.03. The molecule has 0 heterocycles. The SMILES string of the molecule is CCN(c1ccc(C(N)=S)cc1C)C1CCCC1. The van der Waals surface area contributed by atoms with Gasteiger partial charge in [0.15, 0.2) is 0 Å².